The third-order valence-corrected chi connectivity index (χ3v) is 11.8. The molecule has 3 heteroatoms. The molecule has 0 amide bonds. The fourth-order valence-electron chi connectivity index (χ4n) is 7.66. The van der Waals surface area contributed by atoms with E-state index >= 15 is 0 Å². The molecular weight excluding hydrogens is 687 g/mol. The van der Waals surface area contributed by atoms with Crippen LogP contribution >= 0.6 is 0 Å². The summed E-state index contributed by atoms with van der Waals surface area (Å²) in [4.78, 5) is 0. The van der Waals surface area contributed by atoms with Crippen LogP contribution in [0.15, 0.2) is 59.7 Å². The number of aryl methyl sites for hydroxylation is 2. The summed E-state index contributed by atoms with van der Waals surface area (Å²) in [5.74, 6) is 0. The van der Waals surface area contributed by atoms with Crippen LogP contribution in [0.1, 0.15) is 217 Å². The zero-order chi connectivity index (χ0) is 38.4. The summed E-state index contributed by atoms with van der Waals surface area (Å²) in [7, 11) is 0. The minimum atomic E-state index is 1.02. The van der Waals surface area contributed by atoms with Crippen LogP contribution in [0, 0.1) is 6.92 Å². The first-order valence-corrected chi connectivity index (χ1v) is 24.0. The van der Waals surface area contributed by atoms with Gasteiger partial charge in [0, 0.05) is 22.3 Å². The van der Waals surface area contributed by atoms with Gasteiger partial charge in [-0.05, 0) is 75.3 Å². The van der Waals surface area contributed by atoms with Crippen molar-refractivity contribution in [3.8, 4) is 0 Å². The molecule has 1 aliphatic heterocycles. The van der Waals surface area contributed by atoms with E-state index in [4.69, 9.17) is 0 Å². The van der Waals surface area contributed by atoms with Gasteiger partial charge in [0.05, 0.1) is 0 Å². The molecule has 0 saturated carbocycles. The van der Waals surface area contributed by atoms with E-state index in [-0.39, 0.29) is 0 Å². The molecule has 2 aromatic rings. The van der Waals surface area contributed by atoms with Crippen molar-refractivity contribution in [2.24, 2.45) is 0 Å². The maximum absolute atomic E-state index is 12.0. The number of nitrogens with zero attached hydrogens (tertiary/aromatic N) is 2. The van der Waals surface area contributed by atoms with Crippen molar-refractivity contribution >= 4 is 11.4 Å². The van der Waals surface area contributed by atoms with Crippen LogP contribution in [-0.4, -0.2) is 4.70 Å². The van der Waals surface area contributed by atoms with Gasteiger partial charge in [-0.15, -0.1) is 0 Å². The quantitative estimate of drug-likeness (QED) is 0.0430. The van der Waals surface area contributed by atoms with Crippen LogP contribution < -0.4 is 0 Å². The van der Waals surface area contributed by atoms with E-state index in [1.807, 2.05) is 14.4 Å². The van der Waals surface area contributed by atoms with Crippen molar-refractivity contribution in [1.82, 2.24) is 0 Å². The summed E-state index contributed by atoms with van der Waals surface area (Å²) in [6.07, 6.45) is 34.2. The molecule has 2 nitrogen and oxygen atoms in total. The van der Waals surface area contributed by atoms with Gasteiger partial charge in [0.15, 0.2) is 0 Å². The van der Waals surface area contributed by atoms with E-state index in [0.29, 0.717) is 0 Å². The molecule has 0 spiro atoms. The Hall–Kier alpha value is -1.99. The normalized spacial score (nSPS) is 13.0. The SMILES string of the molecule is CCCCCCCCCCCCCCCCCCCC1=C(c2ccc(C)cc2)[N+](=[N-])C(c2cccc(CCCC)c2)=C1CCCCCC.C[CH2][Ni][CH2]C. The molecule has 0 bridgehead atoms. The second kappa shape index (κ2) is 31.2. The molecule has 1 heterocycles. The molecule has 0 atom stereocenters. The first-order valence-electron chi connectivity index (χ1n) is 22.6. The molecule has 2 aromatic carbocycles. The molecular formula is C50H82N2Ni. The number of benzene rings is 2. The Kier molecular flexibility index (Phi) is 27.8. The fourth-order valence-corrected chi connectivity index (χ4v) is 8.16. The average molecular weight is 770 g/mol. The van der Waals surface area contributed by atoms with Crippen molar-refractivity contribution in [3.05, 3.63) is 87.5 Å². The molecule has 0 fully saturated rings. The molecule has 0 saturated heterocycles. The Bertz CT molecular complexity index is 1280. The molecule has 0 N–H and O–H groups in total. The van der Waals surface area contributed by atoms with Gasteiger partial charge >= 0.3 is 39.1 Å². The van der Waals surface area contributed by atoms with Gasteiger partial charge < -0.3 is 5.53 Å². The molecule has 302 valence electrons. The van der Waals surface area contributed by atoms with Crippen molar-refractivity contribution < 1.29 is 19.1 Å². The van der Waals surface area contributed by atoms with E-state index in [9.17, 15) is 5.53 Å². The number of hydrogen-bond donors (Lipinski definition) is 0. The van der Waals surface area contributed by atoms with Gasteiger partial charge in [-0.2, -0.15) is 0 Å². The zero-order valence-electron chi connectivity index (χ0n) is 35.6. The van der Waals surface area contributed by atoms with Crippen molar-refractivity contribution in [3.63, 3.8) is 0 Å². The second-order valence-corrected chi connectivity index (χ2v) is 17.3. The number of rotatable bonds is 30. The first kappa shape index (κ1) is 47.2. The van der Waals surface area contributed by atoms with Gasteiger partial charge in [-0.1, -0.05) is 179 Å². The molecule has 0 unspecified atom stereocenters. The Morgan fingerprint density at radius 1 is 0.453 bits per heavy atom. The van der Waals surface area contributed by atoms with Crippen LogP contribution in [0.5, 0.6) is 0 Å². The number of unbranched alkanes of at least 4 members (excludes halogenated alkanes) is 20. The topological polar surface area (TPSA) is 25.3 Å². The van der Waals surface area contributed by atoms with Crippen LogP contribution in [0.2, 0.25) is 10.8 Å². The number of allylic oxidation sites excluding steroid dienone is 2. The predicted molar refractivity (Wildman–Crippen MR) is 232 cm³/mol. The van der Waals surface area contributed by atoms with E-state index in [2.05, 4.69) is 90.1 Å². The minimum absolute atomic E-state index is 1.02. The van der Waals surface area contributed by atoms with Gasteiger partial charge in [0.1, 0.15) is 0 Å². The molecule has 3 rings (SSSR count). The first-order chi connectivity index (χ1) is 26.0. The maximum atomic E-state index is 12.0. The van der Waals surface area contributed by atoms with Crippen molar-refractivity contribution in [2.75, 3.05) is 0 Å². The third kappa shape index (κ3) is 19.4. The fraction of sp³-hybridized carbons (Fsp3) is 0.680. The Balaban J connectivity index is 0.00000181. The molecule has 0 radical (unpaired) electrons. The van der Waals surface area contributed by atoms with Gasteiger partial charge in [0.2, 0.25) is 11.4 Å². The summed E-state index contributed by atoms with van der Waals surface area (Å²) < 4.78 is 1.57. The summed E-state index contributed by atoms with van der Waals surface area (Å²) in [5, 5.41) is 2.56. The van der Waals surface area contributed by atoms with E-state index in [0.717, 1.165) is 36.2 Å². The van der Waals surface area contributed by atoms with Crippen LogP contribution in [0.25, 0.3) is 16.9 Å². The van der Waals surface area contributed by atoms with Gasteiger partial charge in [-0.25, -0.2) is 4.70 Å². The van der Waals surface area contributed by atoms with Crippen molar-refractivity contribution in [1.29, 1.82) is 0 Å². The van der Waals surface area contributed by atoms with Gasteiger partial charge in [0.25, 0.3) is 0 Å². The molecule has 1 aliphatic rings. The van der Waals surface area contributed by atoms with E-state index < -0.39 is 0 Å². The second-order valence-electron chi connectivity index (χ2n) is 15.5. The Morgan fingerprint density at radius 2 is 0.868 bits per heavy atom. The molecule has 0 aliphatic carbocycles. The summed E-state index contributed by atoms with van der Waals surface area (Å²) >= 11 is 1.82. The number of hydrogen-bond acceptors (Lipinski definition) is 0. The van der Waals surface area contributed by atoms with E-state index in [1.165, 1.54) is 186 Å². The monoisotopic (exact) mass is 769 g/mol. The standard InChI is InChI=1S/C46H72N2.2C2H5.Ni/c1-5-8-11-13-14-15-16-17-18-19-20-21-22-23-24-25-27-33-43-44(32-26-12-9-6-2)46(42-31-28-30-40(38-42)29-10-7-3)48(47)45(43)41-36-34-39(4)35-37-41;2*1-2;/h28,30-31,34-38H,5-27,29,32-33H2,1-4H3;2*1H2,2H3;. The Labute approximate surface area is 335 Å². The van der Waals surface area contributed by atoms with E-state index in [1.54, 1.807) is 4.70 Å². The molecule has 53 heavy (non-hydrogen) atoms. The van der Waals surface area contributed by atoms with Gasteiger partial charge in [-0.3, -0.25) is 0 Å². The average Bonchev–Trinajstić information content (AvgIpc) is 3.44. The predicted octanol–water partition coefficient (Wildman–Crippen LogP) is 17.5. The third-order valence-electron chi connectivity index (χ3n) is 10.8. The van der Waals surface area contributed by atoms with Crippen LogP contribution in [-0.2, 0) is 20.9 Å². The summed E-state index contributed by atoms with van der Waals surface area (Å²) in [5.41, 5.74) is 21.7. The van der Waals surface area contributed by atoms with Crippen LogP contribution in [0.3, 0.4) is 0 Å². The zero-order valence-corrected chi connectivity index (χ0v) is 36.6. The summed E-state index contributed by atoms with van der Waals surface area (Å²) in [6, 6.07) is 17.8. The molecule has 0 aromatic heterocycles. The summed E-state index contributed by atoms with van der Waals surface area (Å²) in [6.45, 7) is 13.4. The van der Waals surface area contributed by atoms with Crippen molar-refractivity contribution in [2.45, 2.75) is 219 Å². The van der Waals surface area contributed by atoms with Crippen LogP contribution in [0.4, 0.5) is 0 Å². The Morgan fingerprint density at radius 3 is 1.30 bits per heavy atom.